The molecule has 1 amide bonds. The number of carbonyl (C=O) groups is 1. The molecule has 5 nitrogen and oxygen atoms in total. The van der Waals surface area contributed by atoms with Crippen LogP contribution >= 0.6 is 0 Å². The van der Waals surface area contributed by atoms with Crippen molar-refractivity contribution in [3.8, 4) is 0 Å². The molecule has 0 bridgehead atoms. The van der Waals surface area contributed by atoms with Crippen LogP contribution in [0.5, 0.6) is 0 Å². The molecule has 0 atom stereocenters. The van der Waals surface area contributed by atoms with Crippen LogP contribution in [0.4, 0.5) is 0 Å². The van der Waals surface area contributed by atoms with Gasteiger partial charge in [-0.05, 0) is 24.6 Å². The average molecular weight is 296 g/mol. The van der Waals surface area contributed by atoms with E-state index >= 15 is 0 Å². The summed E-state index contributed by atoms with van der Waals surface area (Å²) in [4.78, 5) is 14.6. The van der Waals surface area contributed by atoms with Crippen molar-refractivity contribution in [3.05, 3.63) is 29.8 Å². The van der Waals surface area contributed by atoms with Crippen molar-refractivity contribution in [2.75, 3.05) is 25.9 Å². The molecular formula is C14H20N2O3S. The Hall–Kier alpha value is -1.40. The van der Waals surface area contributed by atoms with E-state index in [4.69, 9.17) is 0 Å². The monoisotopic (exact) mass is 296 g/mol. The van der Waals surface area contributed by atoms with E-state index in [9.17, 15) is 13.2 Å². The van der Waals surface area contributed by atoms with Crippen LogP contribution in [-0.2, 0) is 9.84 Å². The molecule has 1 aromatic carbocycles. The lowest BCUT2D eigenvalue weighted by atomic mass is 10.1. The van der Waals surface area contributed by atoms with Crippen LogP contribution in [0.25, 0.3) is 0 Å². The zero-order valence-corrected chi connectivity index (χ0v) is 12.6. The van der Waals surface area contributed by atoms with E-state index in [2.05, 4.69) is 5.32 Å². The molecular weight excluding hydrogens is 276 g/mol. The van der Waals surface area contributed by atoms with Gasteiger partial charge in [-0.2, -0.15) is 0 Å². The minimum absolute atomic E-state index is 0.0937. The topological polar surface area (TPSA) is 66.5 Å². The Balaban J connectivity index is 2.27. The van der Waals surface area contributed by atoms with E-state index in [1.54, 1.807) is 12.1 Å². The lowest BCUT2D eigenvalue weighted by Gasteiger charge is -2.38. The fraction of sp³-hybridized carbons (Fsp3) is 0.500. The molecule has 0 aliphatic carbocycles. The summed E-state index contributed by atoms with van der Waals surface area (Å²) >= 11 is 0. The summed E-state index contributed by atoms with van der Waals surface area (Å²) in [5.74, 6) is -0.0937. The largest absolute Gasteiger partial charge is 0.333 e. The molecule has 1 N–H and O–H groups in total. The maximum Gasteiger partial charge on any atom is 0.254 e. The van der Waals surface area contributed by atoms with E-state index in [-0.39, 0.29) is 16.8 Å². The normalized spacial score (nSPS) is 15.7. The van der Waals surface area contributed by atoms with Gasteiger partial charge >= 0.3 is 0 Å². The Labute approximate surface area is 119 Å². The van der Waals surface area contributed by atoms with Gasteiger partial charge in [0.05, 0.1) is 10.9 Å². The fourth-order valence-corrected chi connectivity index (χ4v) is 2.88. The molecule has 110 valence electrons. The molecule has 20 heavy (non-hydrogen) atoms. The molecule has 1 fully saturated rings. The van der Waals surface area contributed by atoms with E-state index in [1.807, 2.05) is 11.8 Å². The Morgan fingerprint density at radius 1 is 1.40 bits per heavy atom. The Morgan fingerprint density at radius 2 is 2.10 bits per heavy atom. The maximum atomic E-state index is 12.6. The number of amides is 1. The average Bonchev–Trinajstić information content (AvgIpc) is 2.34. The van der Waals surface area contributed by atoms with Crippen molar-refractivity contribution in [3.63, 3.8) is 0 Å². The highest BCUT2D eigenvalue weighted by molar-refractivity contribution is 7.90. The zero-order chi connectivity index (χ0) is 14.8. The molecule has 1 aliphatic rings. The highest BCUT2D eigenvalue weighted by Crippen LogP contribution is 2.16. The molecule has 1 saturated heterocycles. The molecule has 1 aromatic rings. The van der Waals surface area contributed by atoms with E-state index < -0.39 is 9.84 Å². The number of hydrogen-bond acceptors (Lipinski definition) is 4. The molecule has 0 spiro atoms. The van der Waals surface area contributed by atoms with Gasteiger partial charge < -0.3 is 10.2 Å². The molecule has 0 aromatic heterocycles. The quantitative estimate of drug-likeness (QED) is 0.877. The lowest BCUT2D eigenvalue weighted by Crippen LogP contribution is -2.59. The minimum atomic E-state index is -3.29. The summed E-state index contributed by atoms with van der Waals surface area (Å²) in [6, 6.07) is 6.48. The third-order valence-corrected chi connectivity index (χ3v) is 4.55. The Morgan fingerprint density at radius 3 is 2.60 bits per heavy atom. The van der Waals surface area contributed by atoms with Crippen LogP contribution in [-0.4, -0.2) is 51.2 Å². The van der Waals surface area contributed by atoms with Crippen molar-refractivity contribution >= 4 is 15.7 Å². The summed E-state index contributed by atoms with van der Waals surface area (Å²) < 4.78 is 23.1. The van der Waals surface area contributed by atoms with Gasteiger partial charge in [0.2, 0.25) is 0 Å². The van der Waals surface area contributed by atoms with Crippen LogP contribution < -0.4 is 5.32 Å². The van der Waals surface area contributed by atoms with Gasteiger partial charge in [-0.1, -0.05) is 13.0 Å². The Bertz CT molecular complexity index is 594. The maximum absolute atomic E-state index is 12.6. The highest BCUT2D eigenvalue weighted by Gasteiger charge is 2.28. The third-order valence-electron chi connectivity index (χ3n) is 3.44. The van der Waals surface area contributed by atoms with Crippen LogP contribution in [0, 0.1) is 0 Å². The van der Waals surface area contributed by atoms with Crippen molar-refractivity contribution in [2.24, 2.45) is 0 Å². The number of nitrogens with one attached hydrogen (secondary N) is 1. The van der Waals surface area contributed by atoms with E-state index in [0.29, 0.717) is 12.1 Å². The molecule has 0 radical (unpaired) electrons. The predicted octanol–water partition coefficient (Wildman–Crippen LogP) is 0.914. The van der Waals surface area contributed by atoms with E-state index in [0.717, 1.165) is 25.8 Å². The minimum Gasteiger partial charge on any atom is -0.333 e. The lowest BCUT2D eigenvalue weighted by molar-refractivity contribution is 0.0615. The number of sulfone groups is 1. The third kappa shape index (κ3) is 3.19. The number of rotatable bonds is 5. The molecule has 0 saturated carbocycles. The first-order chi connectivity index (χ1) is 9.43. The molecule has 6 heteroatoms. The van der Waals surface area contributed by atoms with E-state index in [1.165, 1.54) is 12.1 Å². The van der Waals surface area contributed by atoms with Crippen LogP contribution in [0.2, 0.25) is 0 Å². The fourth-order valence-electron chi connectivity index (χ4n) is 2.21. The first kappa shape index (κ1) is 15.0. The van der Waals surface area contributed by atoms with Crippen molar-refractivity contribution in [2.45, 2.75) is 24.3 Å². The van der Waals surface area contributed by atoms with Crippen molar-refractivity contribution < 1.29 is 13.2 Å². The van der Waals surface area contributed by atoms with Crippen LogP contribution in [0.15, 0.2) is 29.2 Å². The van der Waals surface area contributed by atoms with Crippen molar-refractivity contribution in [1.82, 2.24) is 10.2 Å². The SMILES string of the molecule is CCCN(C(=O)c1cccc(S(C)(=O)=O)c1)C1CNC1. The summed E-state index contributed by atoms with van der Waals surface area (Å²) in [7, 11) is -3.29. The highest BCUT2D eigenvalue weighted by atomic mass is 32.2. The Kier molecular flexibility index (Phi) is 4.45. The van der Waals surface area contributed by atoms with Gasteiger partial charge in [0.1, 0.15) is 0 Å². The number of carbonyl (C=O) groups excluding carboxylic acids is 1. The van der Waals surface area contributed by atoms with Gasteiger partial charge in [-0.15, -0.1) is 0 Å². The van der Waals surface area contributed by atoms with Crippen molar-refractivity contribution in [1.29, 1.82) is 0 Å². The first-order valence-electron chi connectivity index (χ1n) is 6.75. The van der Waals surface area contributed by atoms with Gasteiger partial charge in [0, 0.05) is 31.5 Å². The number of nitrogens with zero attached hydrogens (tertiary/aromatic N) is 1. The van der Waals surface area contributed by atoms with Gasteiger partial charge in [-0.3, -0.25) is 4.79 Å². The smallest absolute Gasteiger partial charge is 0.254 e. The summed E-state index contributed by atoms with van der Waals surface area (Å²) in [6.45, 7) is 4.32. The second-order valence-corrected chi connectivity index (χ2v) is 7.13. The first-order valence-corrected chi connectivity index (χ1v) is 8.64. The standard InChI is InChI=1S/C14H20N2O3S/c1-3-7-16(12-9-15-10-12)14(17)11-5-4-6-13(8-11)20(2,18)19/h4-6,8,12,15H,3,7,9-10H2,1-2H3. The number of benzene rings is 1. The van der Waals surface area contributed by atoms with Crippen LogP contribution in [0.1, 0.15) is 23.7 Å². The molecule has 0 unspecified atom stereocenters. The van der Waals surface area contributed by atoms with Gasteiger partial charge in [0.25, 0.3) is 5.91 Å². The number of hydrogen-bond donors (Lipinski definition) is 1. The summed E-state index contributed by atoms with van der Waals surface area (Å²) in [5, 5.41) is 3.15. The predicted molar refractivity (Wildman–Crippen MR) is 77.5 cm³/mol. The molecule has 1 heterocycles. The zero-order valence-electron chi connectivity index (χ0n) is 11.8. The summed E-state index contributed by atoms with van der Waals surface area (Å²) in [5.41, 5.74) is 0.438. The summed E-state index contributed by atoms with van der Waals surface area (Å²) in [6.07, 6.45) is 2.03. The van der Waals surface area contributed by atoms with Crippen LogP contribution in [0.3, 0.4) is 0 Å². The van der Waals surface area contributed by atoms with Gasteiger partial charge in [-0.25, -0.2) is 8.42 Å². The second kappa shape index (κ2) is 5.93. The second-order valence-electron chi connectivity index (χ2n) is 5.11. The molecule has 2 rings (SSSR count). The van der Waals surface area contributed by atoms with Gasteiger partial charge in [0.15, 0.2) is 9.84 Å². The molecule has 1 aliphatic heterocycles.